The lowest BCUT2D eigenvalue weighted by molar-refractivity contribution is 0.296. The Hall–Kier alpha value is -1.88. The number of aromatic nitrogens is 3. The smallest absolute Gasteiger partial charge is 0.119 e. The molecule has 0 atom stereocenters. The molecule has 0 unspecified atom stereocenters. The topological polar surface area (TPSA) is 66.0 Å². The Morgan fingerprint density at radius 1 is 1.23 bits per heavy atom. The number of aryl methyl sites for hydroxylation is 2. The minimum atomic E-state index is 0.446. The lowest BCUT2D eigenvalue weighted by Gasteiger charge is -2.10. The van der Waals surface area contributed by atoms with Crippen molar-refractivity contribution in [2.45, 2.75) is 46.7 Å². The van der Waals surface area contributed by atoms with Crippen molar-refractivity contribution < 1.29 is 4.74 Å². The van der Waals surface area contributed by atoms with Gasteiger partial charge >= 0.3 is 0 Å². The van der Waals surface area contributed by atoms with Crippen LogP contribution in [0.15, 0.2) is 24.3 Å². The van der Waals surface area contributed by atoms with E-state index in [-0.39, 0.29) is 0 Å². The molecule has 5 nitrogen and oxygen atoms in total. The van der Waals surface area contributed by atoms with Gasteiger partial charge in [-0.15, -0.1) is 5.10 Å². The molecule has 22 heavy (non-hydrogen) atoms. The predicted molar refractivity (Wildman–Crippen MR) is 87.7 cm³/mol. The van der Waals surface area contributed by atoms with Crippen LogP contribution in [0.1, 0.15) is 37.2 Å². The molecular formula is C17H26N4O. The Balaban J connectivity index is 1.86. The van der Waals surface area contributed by atoms with E-state index in [4.69, 9.17) is 10.5 Å². The minimum Gasteiger partial charge on any atom is -0.494 e. The molecule has 120 valence electrons. The van der Waals surface area contributed by atoms with Crippen LogP contribution in [-0.4, -0.2) is 21.6 Å². The molecule has 0 aliphatic carbocycles. The average Bonchev–Trinajstić information content (AvgIpc) is 2.87. The van der Waals surface area contributed by atoms with Gasteiger partial charge in [0.2, 0.25) is 0 Å². The number of benzene rings is 1. The quantitative estimate of drug-likeness (QED) is 0.761. The van der Waals surface area contributed by atoms with Gasteiger partial charge in [-0.25, -0.2) is 4.68 Å². The van der Waals surface area contributed by atoms with E-state index in [2.05, 4.69) is 43.2 Å². The maximum absolute atomic E-state index is 5.75. The van der Waals surface area contributed by atoms with Crippen molar-refractivity contribution in [3.63, 3.8) is 0 Å². The lowest BCUT2D eigenvalue weighted by atomic mass is 10.1. The van der Waals surface area contributed by atoms with Crippen LogP contribution in [0.2, 0.25) is 0 Å². The van der Waals surface area contributed by atoms with Gasteiger partial charge in [-0.1, -0.05) is 36.8 Å². The van der Waals surface area contributed by atoms with Crippen molar-refractivity contribution in [3.8, 4) is 5.75 Å². The van der Waals surface area contributed by atoms with E-state index in [1.54, 1.807) is 0 Å². The molecule has 0 fully saturated rings. The summed E-state index contributed by atoms with van der Waals surface area (Å²) in [5, 5.41) is 8.41. The van der Waals surface area contributed by atoms with E-state index < -0.39 is 0 Å². The largest absolute Gasteiger partial charge is 0.494 e. The molecule has 2 N–H and O–H groups in total. The molecular weight excluding hydrogens is 276 g/mol. The Morgan fingerprint density at radius 2 is 1.95 bits per heavy atom. The second kappa shape index (κ2) is 7.94. The highest BCUT2D eigenvalue weighted by molar-refractivity contribution is 5.26. The summed E-state index contributed by atoms with van der Waals surface area (Å²) in [6.07, 6.45) is 1.85. The first-order valence-corrected chi connectivity index (χ1v) is 7.91. The second-order valence-electron chi connectivity index (χ2n) is 6.02. The number of nitrogens with two attached hydrogens (primary N) is 1. The summed E-state index contributed by atoms with van der Waals surface area (Å²) in [4.78, 5) is 0. The molecule has 2 rings (SSSR count). The summed E-state index contributed by atoms with van der Waals surface area (Å²) in [5.74, 6) is 1.47. The van der Waals surface area contributed by atoms with Crippen LogP contribution in [-0.2, 0) is 19.5 Å². The Morgan fingerprint density at radius 3 is 2.59 bits per heavy atom. The first-order chi connectivity index (χ1) is 10.6. The van der Waals surface area contributed by atoms with Crippen molar-refractivity contribution >= 4 is 0 Å². The summed E-state index contributed by atoms with van der Waals surface area (Å²) >= 11 is 0. The van der Waals surface area contributed by atoms with Crippen LogP contribution in [0.3, 0.4) is 0 Å². The maximum atomic E-state index is 5.75. The molecule has 1 aromatic carbocycles. The highest BCUT2D eigenvalue weighted by Gasteiger charge is 2.12. The summed E-state index contributed by atoms with van der Waals surface area (Å²) in [7, 11) is 0. The Kier molecular flexibility index (Phi) is 5.95. The molecule has 2 aromatic rings. The summed E-state index contributed by atoms with van der Waals surface area (Å²) in [6.45, 7) is 8.38. The van der Waals surface area contributed by atoms with E-state index in [1.165, 1.54) is 5.56 Å². The molecule has 5 heteroatoms. The third-order valence-electron chi connectivity index (χ3n) is 3.52. The zero-order chi connectivity index (χ0) is 15.9. The van der Waals surface area contributed by atoms with Crippen molar-refractivity contribution in [2.24, 2.45) is 11.7 Å². The van der Waals surface area contributed by atoms with Gasteiger partial charge in [0.1, 0.15) is 5.75 Å². The molecule has 0 aliphatic rings. The van der Waals surface area contributed by atoms with Gasteiger partial charge in [-0.2, -0.15) is 0 Å². The number of rotatable bonds is 8. The zero-order valence-electron chi connectivity index (χ0n) is 13.7. The number of nitrogens with zero attached hydrogens (tertiary/aromatic N) is 3. The van der Waals surface area contributed by atoms with Crippen LogP contribution in [0.4, 0.5) is 0 Å². The number of ether oxygens (including phenoxy) is 1. The van der Waals surface area contributed by atoms with Crippen LogP contribution in [0.25, 0.3) is 0 Å². The van der Waals surface area contributed by atoms with Crippen molar-refractivity contribution in [2.75, 3.05) is 6.61 Å². The molecule has 1 aromatic heterocycles. The summed E-state index contributed by atoms with van der Waals surface area (Å²) < 4.78 is 7.72. The molecule has 1 heterocycles. The summed E-state index contributed by atoms with van der Waals surface area (Å²) in [5.41, 5.74) is 9.05. The van der Waals surface area contributed by atoms with E-state index >= 15 is 0 Å². The predicted octanol–water partition coefficient (Wildman–Crippen LogP) is 2.71. The third-order valence-corrected chi connectivity index (χ3v) is 3.52. The minimum absolute atomic E-state index is 0.446. The van der Waals surface area contributed by atoms with Crippen molar-refractivity contribution in [1.29, 1.82) is 0 Å². The molecule has 0 bridgehead atoms. The highest BCUT2D eigenvalue weighted by atomic mass is 16.5. The average molecular weight is 302 g/mol. The van der Waals surface area contributed by atoms with E-state index in [1.807, 2.05) is 16.8 Å². The SMILES string of the molecule is Cc1ccc(OCCCn2nnc(CN)c2CC(C)C)cc1. The molecule has 0 radical (unpaired) electrons. The van der Waals surface area contributed by atoms with Gasteiger partial charge in [-0.05, 0) is 31.4 Å². The molecule has 0 spiro atoms. The highest BCUT2D eigenvalue weighted by Crippen LogP contribution is 2.13. The Labute approximate surface area is 132 Å². The normalized spacial score (nSPS) is 11.1. The van der Waals surface area contributed by atoms with Crippen LogP contribution in [0, 0.1) is 12.8 Å². The first-order valence-electron chi connectivity index (χ1n) is 7.91. The fourth-order valence-corrected chi connectivity index (χ4v) is 2.36. The number of hydrogen-bond acceptors (Lipinski definition) is 4. The van der Waals surface area contributed by atoms with Gasteiger partial charge < -0.3 is 10.5 Å². The second-order valence-corrected chi connectivity index (χ2v) is 6.02. The van der Waals surface area contributed by atoms with Crippen LogP contribution < -0.4 is 10.5 Å². The standard InChI is InChI=1S/C17H26N4O/c1-13(2)11-17-16(12-18)19-20-21(17)9-4-10-22-15-7-5-14(3)6-8-15/h5-8,13H,4,9-12,18H2,1-3H3. The van der Waals surface area contributed by atoms with E-state index in [0.717, 1.165) is 36.5 Å². The van der Waals surface area contributed by atoms with E-state index in [0.29, 0.717) is 19.1 Å². The monoisotopic (exact) mass is 302 g/mol. The van der Waals surface area contributed by atoms with Gasteiger partial charge in [0.05, 0.1) is 18.0 Å². The van der Waals surface area contributed by atoms with Gasteiger partial charge in [-0.3, -0.25) is 0 Å². The maximum Gasteiger partial charge on any atom is 0.119 e. The van der Waals surface area contributed by atoms with Gasteiger partial charge in [0, 0.05) is 19.5 Å². The zero-order valence-corrected chi connectivity index (χ0v) is 13.7. The van der Waals surface area contributed by atoms with Crippen LogP contribution in [0.5, 0.6) is 5.75 Å². The summed E-state index contributed by atoms with van der Waals surface area (Å²) in [6, 6.07) is 8.12. The fourth-order valence-electron chi connectivity index (χ4n) is 2.36. The van der Waals surface area contributed by atoms with Crippen molar-refractivity contribution in [3.05, 3.63) is 41.2 Å². The van der Waals surface area contributed by atoms with Crippen molar-refractivity contribution in [1.82, 2.24) is 15.0 Å². The first kappa shape index (κ1) is 16.5. The fraction of sp³-hybridized carbons (Fsp3) is 0.529. The van der Waals surface area contributed by atoms with E-state index in [9.17, 15) is 0 Å². The van der Waals surface area contributed by atoms with Gasteiger partial charge in [0.25, 0.3) is 0 Å². The third kappa shape index (κ3) is 4.56. The molecule has 0 aliphatic heterocycles. The molecule has 0 saturated carbocycles. The lowest BCUT2D eigenvalue weighted by Crippen LogP contribution is -2.12. The molecule has 0 saturated heterocycles. The number of hydrogen-bond donors (Lipinski definition) is 1. The Bertz CT molecular complexity index is 575. The van der Waals surface area contributed by atoms with Gasteiger partial charge in [0.15, 0.2) is 0 Å². The molecule has 0 amide bonds. The van der Waals surface area contributed by atoms with Crippen LogP contribution >= 0.6 is 0 Å².